The molecule has 0 radical (unpaired) electrons. The Morgan fingerprint density at radius 3 is 2.68 bits per heavy atom. The summed E-state index contributed by atoms with van der Waals surface area (Å²) in [4.78, 5) is 30.1. The molecule has 4 nitrogen and oxygen atoms in total. The van der Waals surface area contributed by atoms with Gasteiger partial charge in [0.2, 0.25) is 0 Å². The van der Waals surface area contributed by atoms with Crippen molar-refractivity contribution < 1.29 is 9.18 Å². The molecule has 3 rings (SSSR count). The van der Waals surface area contributed by atoms with Crippen molar-refractivity contribution >= 4 is 28.3 Å². The molecule has 0 aliphatic carbocycles. The molecule has 1 N–H and O–H groups in total. The number of thioether (sulfide) groups is 1. The molecule has 0 unspecified atom stereocenters. The molecule has 22 heavy (non-hydrogen) atoms. The van der Waals surface area contributed by atoms with Crippen molar-refractivity contribution in [3.05, 3.63) is 70.4 Å². The minimum Gasteiger partial charge on any atom is -0.301 e. The molecule has 3 aromatic rings. The van der Waals surface area contributed by atoms with Gasteiger partial charge in [0.15, 0.2) is 10.9 Å². The highest BCUT2D eigenvalue weighted by atomic mass is 32.2. The molecule has 1 aromatic heterocycles. The molecule has 0 atom stereocenters. The van der Waals surface area contributed by atoms with Crippen LogP contribution < -0.4 is 5.56 Å². The van der Waals surface area contributed by atoms with Crippen LogP contribution in [-0.4, -0.2) is 21.5 Å². The number of Topliss-reactive ketones (excluding diaryl/α,β-unsaturated/α-hetero) is 1. The number of aromatic amines is 1. The Morgan fingerprint density at radius 2 is 1.91 bits per heavy atom. The number of hydrogen-bond donors (Lipinski definition) is 1. The number of aromatic nitrogens is 2. The summed E-state index contributed by atoms with van der Waals surface area (Å²) in [6.45, 7) is 0. The molecule has 1 heterocycles. The number of nitrogens with one attached hydrogen (secondary N) is 1. The number of hydrogen-bond acceptors (Lipinski definition) is 4. The Bertz CT molecular complexity index is 908. The van der Waals surface area contributed by atoms with Crippen LogP contribution in [0.25, 0.3) is 10.8 Å². The summed E-state index contributed by atoms with van der Waals surface area (Å²) in [7, 11) is 0. The van der Waals surface area contributed by atoms with Crippen LogP contribution in [0.5, 0.6) is 0 Å². The van der Waals surface area contributed by atoms with Gasteiger partial charge in [0, 0.05) is 23.2 Å². The molecule has 0 fully saturated rings. The third kappa shape index (κ3) is 2.92. The summed E-state index contributed by atoms with van der Waals surface area (Å²) >= 11 is 1.14. The van der Waals surface area contributed by atoms with Crippen LogP contribution >= 0.6 is 11.8 Å². The number of fused-ring (bicyclic) bond motifs is 1. The Labute approximate surface area is 129 Å². The van der Waals surface area contributed by atoms with E-state index in [9.17, 15) is 14.0 Å². The molecule has 0 amide bonds. The third-order valence-corrected chi connectivity index (χ3v) is 4.05. The molecule has 0 bridgehead atoms. The van der Waals surface area contributed by atoms with Crippen molar-refractivity contribution in [2.45, 2.75) is 5.16 Å². The molecule has 110 valence electrons. The molecule has 6 heteroatoms. The number of ketones is 1. The smallest absolute Gasteiger partial charge is 0.251 e. The highest BCUT2D eigenvalue weighted by molar-refractivity contribution is 7.99. The van der Waals surface area contributed by atoms with Gasteiger partial charge in [-0.15, -0.1) is 0 Å². The highest BCUT2D eigenvalue weighted by Crippen LogP contribution is 2.23. The molecule has 0 saturated carbocycles. The first kappa shape index (κ1) is 14.5. The number of H-pyrrole nitrogens is 1. The summed E-state index contributed by atoms with van der Waals surface area (Å²) in [6.07, 6.45) is 1.39. The minimum atomic E-state index is -0.353. The van der Waals surface area contributed by atoms with Crippen molar-refractivity contribution in [1.29, 1.82) is 0 Å². The average Bonchev–Trinajstić information content (AvgIpc) is 2.53. The van der Waals surface area contributed by atoms with Crippen molar-refractivity contribution in [2.75, 3.05) is 5.75 Å². The molecule has 0 saturated heterocycles. The van der Waals surface area contributed by atoms with Gasteiger partial charge in [-0.25, -0.2) is 9.37 Å². The highest BCUT2D eigenvalue weighted by Gasteiger charge is 2.13. The fraction of sp³-hybridized carbons (Fsp3) is 0.0625. The number of carbonyl (C=O) groups excluding carboxylic acids is 1. The first-order valence-electron chi connectivity index (χ1n) is 6.54. The van der Waals surface area contributed by atoms with Gasteiger partial charge < -0.3 is 4.98 Å². The molecular weight excluding hydrogens is 303 g/mol. The molecule has 2 aromatic carbocycles. The largest absolute Gasteiger partial charge is 0.301 e. The third-order valence-electron chi connectivity index (χ3n) is 3.16. The Kier molecular flexibility index (Phi) is 4.02. The Balaban J connectivity index is 1.87. The second-order valence-electron chi connectivity index (χ2n) is 4.59. The standard InChI is InChI=1S/C16H11FN2O2S/c17-13-6-5-12(10-3-1-2-4-11(10)13)14(20)9-22-16-18-8-7-15(21)19-16/h1-8H,9H2,(H,18,19,21). The van der Waals surface area contributed by atoms with Gasteiger partial charge in [-0.3, -0.25) is 9.59 Å². The zero-order chi connectivity index (χ0) is 15.5. The van der Waals surface area contributed by atoms with Crippen LogP contribution in [0, 0.1) is 5.82 Å². The number of benzene rings is 2. The van der Waals surface area contributed by atoms with Gasteiger partial charge in [-0.05, 0) is 17.5 Å². The predicted molar refractivity (Wildman–Crippen MR) is 83.8 cm³/mol. The monoisotopic (exact) mass is 314 g/mol. The van der Waals surface area contributed by atoms with Crippen molar-refractivity contribution in [1.82, 2.24) is 9.97 Å². The van der Waals surface area contributed by atoms with E-state index in [0.717, 1.165) is 11.8 Å². The Morgan fingerprint density at radius 1 is 1.14 bits per heavy atom. The van der Waals surface area contributed by atoms with Crippen LogP contribution in [0.3, 0.4) is 0 Å². The lowest BCUT2D eigenvalue weighted by Gasteiger charge is -2.06. The summed E-state index contributed by atoms with van der Waals surface area (Å²) in [5.74, 6) is -0.385. The zero-order valence-corrected chi connectivity index (χ0v) is 12.2. The molecule has 0 aliphatic heterocycles. The minimum absolute atomic E-state index is 0.114. The summed E-state index contributed by atoms with van der Waals surface area (Å²) in [5.41, 5.74) is 0.194. The lowest BCUT2D eigenvalue weighted by Crippen LogP contribution is -2.08. The quantitative estimate of drug-likeness (QED) is 0.457. The van der Waals surface area contributed by atoms with Crippen molar-refractivity contribution in [3.63, 3.8) is 0 Å². The maximum Gasteiger partial charge on any atom is 0.251 e. The van der Waals surface area contributed by atoms with Crippen LogP contribution in [0.2, 0.25) is 0 Å². The van der Waals surface area contributed by atoms with Gasteiger partial charge in [0.1, 0.15) is 5.82 Å². The van der Waals surface area contributed by atoms with E-state index in [0.29, 0.717) is 21.5 Å². The maximum atomic E-state index is 13.8. The van der Waals surface area contributed by atoms with E-state index < -0.39 is 0 Å². The predicted octanol–water partition coefficient (Wildman–Crippen LogP) is 3.04. The zero-order valence-electron chi connectivity index (χ0n) is 11.4. The average molecular weight is 314 g/mol. The normalized spacial score (nSPS) is 10.8. The topological polar surface area (TPSA) is 62.8 Å². The van der Waals surface area contributed by atoms with E-state index in [1.807, 2.05) is 0 Å². The number of carbonyl (C=O) groups is 1. The second kappa shape index (κ2) is 6.11. The number of halogens is 1. The molecular formula is C16H11FN2O2S. The van der Waals surface area contributed by atoms with E-state index >= 15 is 0 Å². The maximum absolute atomic E-state index is 13.8. The van der Waals surface area contributed by atoms with Gasteiger partial charge in [0.25, 0.3) is 5.56 Å². The first-order valence-corrected chi connectivity index (χ1v) is 7.52. The van der Waals surface area contributed by atoms with E-state index in [-0.39, 0.29) is 22.9 Å². The van der Waals surface area contributed by atoms with Crippen LogP contribution in [0.15, 0.2) is 58.6 Å². The van der Waals surface area contributed by atoms with Gasteiger partial charge in [-0.1, -0.05) is 36.0 Å². The van der Waals surface area contributed by atoms with E-state index in [2.05, 4.69) is 9.97 Å². The van der Waals surface area contributed by atoms with Crippen LogP contribution in [0.4, 0.5) is 4.39 Å². The summed E-state index contributed by atoms with van der Waals surface area (Å²) < 4.78 is 13.8. The van der Waals surface area contributed by atoms with Crippen LogP contribution in [0.1, 0.15) is 10.4 Å². The van der Waals surface area contributed by atoms with Crippen molar-refractivity contribution in [2.24, 2.45) is 0 Å². The molecule has 0 aliphatic rings. The van der Waals surface area contributed by atoms with E-state index in [4.69, 9.17) is 0 Å². The SMILES string of the molecule is O=C(CSc1nccc(=O)[nH]1)c1ccc(F)c2ccccc12. The lowest BCUT2D eigenvalue weighted by atomic mass is 10.0. The van der Waals surface area contributed by atoms with E-state index in [1.54, 1.807) is 24.3 Å². The Hall–Kier alpha value is -2.47. The summed E-state index contributed by atoms with van der Waals surface area (Å²) in [5, 5.41) is 1.39. The van der Waals surface area contributed by atoms with Gasteiger partial charge in [0.05, 0.1) is 5.75 Å². The number of rotatable bonds is 4. The fourth-order valence-electron chi connectivity index (χ4n) is 2.14. The second-order valence-corrected chi connectivity index (χ2v) is 5.56. The number of nitrogens with zero attached hydrogens (tertiary/aromatic N) is 1. The van der Waals surface area contributed by atoms with Crippen LogP contribution in [-0.2, 0) is 0 Å². The lowest BCUT2D eigenvalue weighted by molar-refractivity contribution is 0.102. The van der Waals surface area contributed by atoms with E-state index in [1.165, 1.54) is 24.4 Å². The summed E-state index contributed by atoms with van der Waals surface area (Å²) in [6, 6.07) is 10.9. The van der Waals surface area contributed by atoms with Gasteiger partial charge in [-0.2, -0.15) is 0 Å². The van der Waals surface area contributed by atoms with Gasteiger partial charge >= 0.3 is 0 Å². The first-order chi connectivity index (χ1) is 10.6. The fourth-order valence-corrected chi connectivity index (χ4v) is 2.87. The molecule has 0 spiro atoms. The van der Waals surface area contributed by atoms with Crippen molar-refractivity contribution in [3.8, 4) is 0 Å².